The summed E-state index contributed by atoms with van der Waals surface area (Å²) in [5, 5.41) is 6.09. The van der Waals surface area contributed by atoms with E-state index in [4.69, 9.17) is 9.05 Å². The molecule has 8 heteroatoms. The largest absolute Gasteiger partial charge is 0.335 e. The molecule has 0 amide bonds. The van der Waals surface area contributed by atoms with Gasteiger partial charge in [-0.25, -0.2) is 0 Å². The zero-order valence-electron chi connectivity index (χ0n) is 24.5. The third kappa shape index (κ3) is 9.93. The molecule has 39 heavy (non-hydrogen) atoms. The van der Waals surface area contributed by atoms with Crippen molar-refractivity contribution in [1.29, 1.82) is 0 Å². The highest BCUT2D eigenvalue weighted by Crippen LogP contribution is 2.51. The molecule has 1 aliphatic rings. The summed E-state index contributed by atoms with van der Waals surface area (Å²) in [6, 6.07) is 13.9. The summed E-state index contributed by atoms with van der Waals surface area (Å²) in [4.78, 5) is 22.9. The Hall–Kier alpha value is -2.41. The molecule has 0 aromatic heterocycles. The number of carbonyl (C=O) groups excluding carboxylic acids is 2. The van der Waals surface area contributed by atoms with Crippen molar-refractivity contribution in [2.75, 3.05) is 27.3 Å². The van der Waals surface area contributed by atoms with Gasteiger partial charge < -0.3 is 19.7 Å². The van der Waals surface area contributed by atoms with Crippen molar-refractivity contribution in [2.45, 2.75) is 72.1 Å². The summed E-state index contributed by atoms with van der Waals surface area (Å²) < 4.78 is 23.1. The first-order chi connectivity index (χ1) is 18.6. The van der Waals surface area contributed by atoms with E-state index in [1.165, 1.54) is 22.3 Å². The lowest BCUT2D eigenvalue weighted by Crippen LogP contribution is -2.34. The second-order valence-corrected chi connectivity index (χ2v) is 11.8. The van der Waals surface area contributed by atoms with Gasteiger partial charge in [0.15, 0.2) is 0 Å². The standard InChI is InChI=1S/C16H26NO4P.C15H19NO/c1-5-20-22(19,21-6-2)12-15-9-7-14(8-10-15)11-16(17-4)13(3)18;1-10-5-4-6-12-7-8-13(15(10)12)9-14(16-3)11(2)17/h7-10,16-17H,5-6,11-12H2,1-4H3;4-6,8,14,16H,7,9H2,1-3H3/t16-;/m0./s1. The third-order valence-electron chi connectivity index (χ3n) is 6.84. The van der Waals surface area contributed by atoms with E-state index in [1.54, 1.807) is 34.7 Å². The van der Waals surface area contributed by atoms with Crippen LogP contribution in [0.4, 0.5) is 0 Å². The van der Waals surface area contributed by atoms with Crippen LogP contribution in [0, 0.1) is 6.92 Å². The number of Topliss-reactive ketones (excluding diaryl/α,β-unsaturated/α-hetero) is 2. The molecule has 1 unspecified atom stereocenters. The Balaban J connectivity index is 0.000000282. The van der Waals surface area contributed by atoms with Crippen LogP contribution >= 0.6 is 7.60 Å². The Bertz CT molecular complexity index is 1170. The fourth-order valence-corrected chi connectivity index (χ4v) is 6.46. The van der Waals surface area contributed by atoms with Gasteiger partial charge in [-0.3, -0.25) is 14.2 Å². The van der Waals surface area contributed by atoms with Crippen molar-refractivity contribution in [3.8, 4) is 0 Å². The molecule has 0 fully saturated rings. The lowest BCUT2D eigenvalue weighted by molar-refractivity contribution is -0.119. The van der Waals surface area contributed by atoms with E-state index in [1.807, 2.05) is 31.3 Å². The average Bonchev–Trinajstić information content (AvgIpc) is 3.31. The van der Waals surface area contributed by atoms with Gasteiger partial charge in [-0.2, -0.15) is 0 Å². The molecule has 3 rings (SSSR count). The van der Waals surface area contributed by atoms with E-state index in [2.05, 4.69) is 41.8 Å². The Morgan fingerprint density at radius 2 is 1.41 bits per heavy atom. The molecule has 0 aliphatic heterocycles. The van der Waals surface area contributed by atoms with Crippen LogP contribution in [0.5, 0.6) is 0 Å². The number of rotatable bonds is 14. The van der Waals surface area contributed by atoms with E-state index in [9.17, 15) is 14.2 Å². The van der Waals surface area contributed by atoms with Gasteiger partial charge in [0, 0.05) is 0 Å². The number of hydrogen-bond acceptors (Lipinski definition) is 7. The number of benzene rings is 2. The molecule has 0 bridgehead atoms. The third-order valence-corrected chi connectivity index (χ3v) is 8.90. The Labute approximate surface area is 234 Å². The molecular formula is C31H45N2O5P. The van der Waals surface area contributed by atoms with Crippen molar-refractivity contribution < 1.29 is 23.2 Å². The van der Waals surface area contributed by atoms with Gasteiger partial charge in [0.25, 0.3) is 0 Å². The number of carbonyl (C=O) groups is 2. The number of allylic oxidation sites excluding steroid dienone is 1. The quantitative estimate of drug-likeness (QED) is 0.290. The maximum absolute atomic E-state index is 12.5. The Kier molecular flexibility index (Phi) is 13.5. The van der Waals surface area contributed by atoms with E-state index in [0.717, 1.165) is 24.0 Å². The zero-order valence-corrected chi connectivity index (χ0v) is 25.4. The van der Waals surface area contributed by atoms with Gasteiger partial charge in [-0.05, 0) is 101 Å². The van der Waals surface area contributed by atoms with E-state index < -0.39 is 7.60 Å². The van der Waals surface area contributed by atoms with Crippen molar-refractivity contribution >= 4 is 24.7 Å². The number of fused-ring (bicyclic) bond motifs is 1. The SMILES string of the molecule is CCOP(=O)(Cc1ccc(C[C@H](NC)C(C)=O)cc1)OCC.CNC(CC1=CCc2cccc(C)c21)C(C)=O. The molecule has 214 valence electrons. The summed E-state index contributed by atoms with van der Waals surface area (Å²) in [5.74, 6) is 0.319. The van der Waals surface area contributed by atoms with Crippen LogP contribution < -0.4 is 10.6 Å². The summed E-state index contributed by atoms with van der Waals surface area (Å²) in [7, 11) is 0.554. The maximum atomic E-state index is 12.5. The first-order valence-electron chi connectivity index (χ1n) is 13.7. The van der Waals surface area contributed by atoms with Crippen molar-refractivity contribution in [3.63, 3.8) is 0 Å². The summed E-state index contributed by atoms with van der Waals surface area (Å²) in [5.41, 5.74) is 7.32. The molecule has 0 heterocycles. The molecule has 2 N–H and O–H groups in total. The van der Waals surface area contributed by atoms with Gasteiger partial charge in [-0.1, -0.05) is 48.5 Å². The zero-order chi connectivity index (χ0) is 29.0. The normalized spacial score (nSPS) is 14.1. The highest BCUT2D eigenvalue weighted by Gasteiger charge is 2.24. The predicted molar refractivity (Wildman–Crippen MR) is 159 cm³/mol. The fourth-order valence-electron chi connectivity index (χ4n) is 4.76. The van der Waals surface area contributed by atoms with Crippen LogP contribution in [0.1, 0.15) is 61.9 Å². The monoisotopic (exact) mass is 556 g/mol. The molecule has 2 atom stereocenters. The molecule has 2 aromatic carbocycles. The molecule has 0 saturated heterocycles. The smallest absolute Gasteiger partial charge is 0.310 e. The molecule has 2 aromatic rings. The highest BCUT2D eigenvalue weighted by molar-refractivity contribution is 7.53. The molecular weight excluding hydrogens is 511 g/mol. The minimum absolute atomic E-state index is 0.0631. The van der Waals surface area contributed by atoms with Crippen LogP contribution in [0.25, 0.3) is 5.57 Å². The van der Waals surface area contributed by atoms with Gasteiger partial charge in [0.05, 0.1) is 31.5 Å². The number of ketones is 2. The first kappa shape index (κ1) is 32.8. The van der Waals surface area contributed by atoms with Crippen LogP contribution in [-0.2, 0) is 42.2 Å². The molecule has 0 radical (unpaired) electrons. The molecule has 0 saturated carbocycles. The second-order valence-electron chi connectivity index (χ2n) is 9.78. The lowest BCUT2D eigenvalue weighted by atomic mass is 9.94. The fraction of sp³-hybridized carbons (Fsp3) is 0.484. The average molecular weight is 557 g/mol. The number of likely N-dealkylation sites (N-methyl/N-ethyl adjacent to an activating group) is 2. The van der Waals surface area contributed by atoms with Crippen molar-refractivity contribution in [1.82, 2.24) is 10.6 Å². The topological polar surface area (TPSA) is 93.7 Å². The number of hydrogen-bond donors (Lipinski definition) is 2. The van der Waals surface area contributed by atoms with Crippen LogP contribution in [0.3, 0.4) is 0 Å². The number of aryl methyl sites for hydroxylation is 1. The predicted octanol–water partition coefficient (Wildman–Crippen LogP) is 5.67. The van der Waals surface area contributed by atoms with Crippen LogP contribution in [-0.4, -0.2) is 51.0 Å². The highest BCUT2D eigenvalue weighted by atomic mass is 31.2. The maximum Gasteiger partial charge on any atom is 0.335 e. The van der Waals surface area contributed by atoms with Gasteiger partial charge in [-0.15, -0.1) is 0 Å². The summed E-state index contributed by atoms with van der Waals surface area (Å²) in [6.07, 6.45) is 4.95. The minimum Gasteiger partial charge on any atom is -0.310 e. The Morgan fingerprint density at radius 3 is 1.92 bits per heavy atom. The van der Waals surface area contributed by atoms with Gasteiger partial charge >= 0.3 is 7.60 Å². The summed E-state index contributed by atoms with van der Waals surface area (Å²) in [6.45, 7) is 9.68. The summed E-state index contributed by atoms with van der Waals surface area (Å²) >= 11 is 0. The van der Waals surface area contributed by atoms with Gasteiger partial charge in [0.2, 0.25) is 0 Å². The molecule has 1 aliphatic carbocycles. The van der Waals surface area contributed by atoms with Crippen molar-refractivity contribution in [2.24, 2.45) is 0 Å². The minimum atomic E-state index is -3.07. The van der Waals surface area contributed by atoms with Crippen LogP contribution in [0.15, 0.2) is 48.5 Å². The van der Waals surface area contributed by atoms with Crippen LogP contribution in [0.2, 0.25) is 0 Å². The molecule has 0 spiro atoms. The first-order valence-corrected chi connectivity index (χ1v) is 15.4. The van der Waals surface area contributed by atoms with Crippen molar-refractivity contribution in [3.05, 3.63) is 76.4 Å². The lowest BCUT2D eigenvalue weighted by Gasteiger charge is -2.17. The molecule has 7 nitrogen and oxygen atoms in total. The van der Waals surface area contributed by atoms with E-state index >= 15 is 0 Å². The van der Waals surface area contributed by atoms with E-state index in [0.29, 0.717) is 19.6 Å². The second kappa shape index (κ2) is 16.0. The van der Waals surface area contributed by atoms with E-state index in [-0.39, 0.29) is 29.8 Å². The number of nitrogens with one attached hydrogen (secondary N) is 2. The Morgan fingerprint density at radius 1 is 0.872 bits per heavy atom. The van der Waals surface area contributed by atoms with Gasteiger partial charge in [0.1, 0.15) is 11.6 Å².